The molecule has 0 bridgehead atoms. The zero-order chi connectivity index (χ0) is 16.9. The highest BCUT2D eigenvalue weighted by Crippen LogP contribution is 2.38. The molecule has 1 rings (SSSR count). The molecule has 1 aliphatic carbocycles. The zero-order valence-electron chi connectivity index (χ0n) is 13.9. The molecule has 22 heavy (non-hydrogen) atoms. The molecular formula is C16H28N2O4. The van der Waals surface area contributed by atoms with E-state index in [1.54, 1.807) is 0 Å². The third-order valence-corrected chi connectivity index (χ3v) is 3.81. The standard InChI is InChI=1S/C16H28N2O4/c1-9(2)5-6-17-15(20)13(7-10(3)4)18-14(19)11-8-12(11)16(21)22/h9-13H,5-8H2,1-4H3,(H,17,20)(H,18,19)(H,21,22)/t11-,12-,13-/m0/s1. The van der Waals surface area contributed by atoms with Gasteiger partial charge in [0.15, 0.2) is 0 Å². The molecule has 0 radical (unpaired) electrons. The normalized spacial score (nSPS) is 21.5. The predicted octanol–water partition coefficient (Wildman–Crippen LogP) is 1.40. The van der Waals surface area contributed by atoms with Gasteiger partial charge in [-0.05, 0) is 31.1 Å². The van der Waals surface area contributed by atoms with Crippen molar-refractivity contribution in [3.63, 3.8) is 0 Å². The van der Waals surface area contributed by atoms with Crippen molar-refractivity contribution in [2.75, 3.05) is 6.54 Å². The number of carbonyl (C=O) groups is 3. The zero-order valence-corrected chi connectivity index (χ0v) is 13.9. The Morgan fingerprint density at radius 2 is 1.73 bits per heavy atom. The monoisotopic (exact) mass is 312 g/mol. The van der Waals surface area contributed by atoms with E-state index < -0.39 is 23.8 Å². The van der Waals surface area contributed by atoms with E-state index in [9.17, 15) is 14.4 Å². The number of aliphatic carboxylic acids is 1. The molecule has 0 spiro atoms. The van der Waals surface area contributed by atoms with Gasteiger partial charge in [-0.2, -0.15) is 0 Å². The van der Waals surface area contributed by atoms with E-state index in [1.807, 2.05) is 13.8 Å². The van der Waals surface area contributed by atoms with Crippen molar-refractivity contribution in [1.82, 2.24) is 10.6 Å². The Morgan fingerprint density at radius 1 is 1.09 bits per heavy atom. The van der Waals surface area contributed by atoms with E-state index in [0.717, 1.165) is 6.42 Å². The SMILES string of the molecule is CC(C)CCNC(=O)[C@H](CC(C)C)NC(=O)[C@H]1C[C@@H]1C(=O)O. The van der Waals surface area contributed by atoms with E-state index in [-0.39, 0.29) is 17.7 Å². The average Bonchev–Trinajstić information content (AvgIpc) is 3.16. The van der Waals surface area contributed by atoms with E-state index >= 15 is 0 Å². The molecule has 3 N–H and O–H groups in total. The maximum atomic E-state index is 12.2. The fourth-order valence-corrected chi connectivity index (χ4v) is 2.35. The maximum Gasteiger partial charge on any atom is 0.307 e. The second-order valence-corrected chi connectivity index (χ2v) is 6.95. The van der Waals surface area contributed by atoms with E-state index in [0.29, 0.717) is 25.3 Å². The average molecular weight is 312 g/mol. The maximum absolute atomic E-state index is 12.2. The van der Waals surface area contributed by atoms with Crippen LogP contribution in [0.3, 0.4) is 0 Å². The van der Waals surface area contributed by atoms with Crippen LogP contribution in [0.15, 0.2) is 0 Å². The molecule has 0 heterocycles. The lowest BCUT2D eigenvalue weighted by atomic mass is 10.0. The summed E-state index contributed by atoms with van der Waals surface area (Å²) in [5, 5.41) is 14.4. The van der Waals surface area contributed by atoms with Gasteiger partial charge in [0.1, 0.15) is 6.04 Å². The Bertz CT molecular complexity index is 420. The highest BCUT2D eigenvalue weighted by atomic mass is 16.4. The fourth-order valence-electron chi connectivity index (χ4n) is 2.35. The highest BCUT2D eigenvalue weighted by molar-refractivity contribution is 5.93. The Labute approximate surface area is 132 Å². The number of carboxylic acids is 1. The summed E-state index contributed by atoms with van der Waals surface area (Å²) in [6.45, 7) is 8.72. The van der Waals surface area contributed by atoms with Gasteiger partial charge in [-0.1, -0.05) is 27.7 Å². The summed E-state index contributed by atoms with van der Waals surface area (Å²) in [5.41, 5.74) is 0. The number of hydrogen-bond donors (Lipinski definition) is 3. The lowest BCUT2D eigenvalue weighted by Gasteiger charge is -2.20. The highest BCUT2D eigenvalue weighted by Gasteiger charge is 2.48. The topological polar surface area (TPSA) is 95.5 Å². The molecule has 6 nitrogen and oxygen atoms in total. The van der Waals surface area contributed by atoms with Gasteiger partial charge >= 0.3 is 5.97 Å². The van der Waals surface area contributed by atoms with E-state index in [2.05, 4.69) is 24.5 Å². The van der Waals surface area contributed by atoms with Crippen LogP contribution in [0.1, 0.15) is 47.0 Å². The first-order valence-corrected chi connectivity index (χ1v) is 8.03. The van der Waals surface area contributed by atoms with Gasteiger partial charge in [-0.3, -0.25) is 14.4 Å². The minimum atomic E-state index is -0.943. The molecular weight excluding hydrogens is 284 g/mol. The number of carbonyl (C=O) groups excluding carboxylic acids is 2. The first-order chi connectivity index (χ1) is 10.2. The Hall–Kier alpha value is -1.59. The Kier molecular flexibility index (Phi) is 6.84. The van der Waals surface area contributed by atoms with Crippen molar-refractivity contribution >= 4 is 17.8 Å². The summed E-state index contributed by atoms with van der Waals surface area (Å²) in [7, 11) is 0. The van der Waals surface area contributed by atoms with Crippen molar-refractivity contribution < 1.29 is 19.5 Å². The summed E-state index contributed by atoms with van der Waals surface area (Å²) in [6.07, 6.45) is 1.80. The van der Waals surface area contributed by atoms with Crippen molar-refractivity contribution in [3.05, 3.63) is 0 Å². The number of carboxylic acid groups (broad SMARTS) is 1. The molecule has 0 aliphatic heterocycles. The van der Waals surface area contributed by atoms with Crippen LogP contribution in [0.2, 0.25) is 0 Å². The second-order valence-electron chi connectivity index (χ2n) is 6.95. The van der Waals surface area contributed by atoms with Crippen LogP contribution < -0.4 is 10.6 Å². The summed E-state index contributed by atoms with van der Waals surface area (Å²) in [6, 6.07) is -0.588. The van der Waals surface area contributed by atoms with Crippen molar-refractivity contribution in [2.45, 2.75) is 53.0 Å². The van der Waals surface area contributed by atoms with Gasteiger partial charge < -0.3 is 15.7 Å². The molecule has 0 aromatic heterocycles. The largest absolute Gasteiger partial charge is 0.481 e. The van der Waals surface area contributed by atoms with Crippen molar-refractivity contribution in [2.24, 2.45) is 23.7 Å². The third-order valence-electron chi connectivity index (χ3n) is 3.81. The lowest BCUT2D eigenvalue weighted by Crippen LogP contribution is -2.48. The first kappa shape index (κ1) is 18.5. The van der Waals surface area contributed by atoms with Crippen LogP contribution >= 0.6 is 0 Å². The van der Waals surface area contributed by atoms with Gasteiger partial charge in [0.05, 0.1) is 11.8 Å². The Balaban J connectivity index is 2.51. The number of nitrogens with one attached hydrogen (secondary N) is 2. The summed E-state index contributed by atoms with van der Waals surface area (Å²) >= 11 is 0. The van der Waals surface area contributed by atoms with Gasteiger partial charge in [-0.15, -0.1) is 0 Å². The fraction of sp³-hybridized carbons (Fsp3) is 0.812. The third kappa shape index (κ3) is 6.03. The molecule has 1 aliphatic rings. The molecule has 0 saturated heterocycles. The molecule has 1 fully saturated rings. The number of rotatable bonds is 9. The number of hydrogen-bond acceptors (Lipinski definition) is 3. The smallest absolute Gasteiger partial charge is 0.307 e. The molecule has 2 amide bonds. The Morgan fingerprint density at radius 3 is 2.18 bits per heavy atom. The van der Waals surface area contributed by atoms with Crippen LogP contribution in [0.4, 0.5) is 0 Å². The number of amides is 2. The molecule has 0 aromatic carbocycles. The second kappa shape index (κ2) is 8.15. The molecule has 0 unspecified atom stereocenters. The van der Waals surface area contributed by atoms with Gasteiger partial charge in [0.25, 0.3) is 0 Å². The molecule has 0 aromatic rings. The van der Waals surface area contributed by atoms with E-state index in [1.165, 1.54) is 0 Å². The van der Waals surface area contributed by atoms with Crippen LogP contribution in [0, 0.1) is 23.7 Å². The van der Waals surface area contributed by atoms with Crippen LogP contribution in [-0.2, 0) is 14.4 Å². The van der Waals surface area contributed by atoms with Crippen LogP contribution in [0.25, 0.3) is 0 Å². The summed E-state index contributed by atoms with van der Waals surface area (Å²) < 4.78 is 0. The van der Waals surface area contributed by atoms with Gasteiger partial charge in [-0.25, -0.2) is 0 Å². The summed E-state index contributed by atoms with van der Waals surface area (Å²) in [5.74, 6) is -1.77. The predicted molar refractivity (Wildman–Crippen MR) is 83.1 cm³/mol. The van der Waals surface area contributed by atoms with Crippen molar-refractivity contribution in [3.8, 4) is 0 Å². The quantitative estimate of drug-likeness (QED) is 0.599. The van der Waals surface area contributed by atoms with E-state index in [4.69, 9.17) is 5.11 Å². The molecule has 126 valence electrons. The van der Waals surface area contributed by atoms with Crippen LogP contribution in [-0.4, -0.2) is 35.5 Å². The molecule has 1 saturated carbocycles. The van der Waals surface area contributed by atoms with Gasteiger partial charge in [0, 0.05) is 6.54 Å². The lowest BCUT2D eigenvalue weighted by molar-refractivity contribution is -0.140. The van der Waals surface area contributed by atoms with Crippen molar-refractivity contribution in [1.29, 1.82) is 0 Å². The first-order valence-electron chi connectivity index (χ1n) is 8.03. The van der Waals surface area contributed by atoms with Gasteiger partial charge in [0.2, 0.25) is 11.8 Å². The minimum Gasteiger partial charge on any atom is -0.481 e. The van der Waals surface area contributed by atoms with Crippen LogP contribution in [0.5, 0.6) is 0 Å². The molecule has 3 atom stereocenters. The summed E-state index contributed by atoms with van der Waals surface area (Å²) in [4.78, 5) is 35.1. The molecule has 6 heteroatoms. The minimum absolute atomic E-state index is 0.185.